The van der Waals surface area contributed by atoms with Crippen molar-refractivity contribution < 1.29 is 14.7 Å². The van der Waals surface area contributed by atoms with Crippen LogP contribution in [0.3, 0.4) is 0 Å². The molecule has 1 unspecified atom stereocenters. The van der Waals surface area contributed by atoms with E-state index in [1.54, 1.807) is 4.90 Å². The normalized spacial score (nSPS) is 17.8. The van der Waals surface area contributed by atoms with E-state index >= 15 is 0 Å². The van der Waals surface area contributed by atoms with Crippen molar-refractivity contribution in [3.63, 3.8) is 0 Å². The number of urea groups is 1. The molecule has 0 aromatic rings. The lowest BCUT2D eigenvalue weighted by molar-refractivity contribution is -0.139. The summed E-state index contributed by atoms with van der Waals surface area (Å²) in [5, 5.41) is 11.7. The van der Waals surface area contributed by atoms with Crippen LogP contribution in [0, 0.1) is 0 Å². The molecule has 0 saturated heterocycles. The summed E-state index contributed by atoms with van der Waals surface area (Å²) >= 11 is 0. The maximum absolute atomic E-state index is 12.2. The van der Waals surface area contributed by atoms with Gasteiger partial charge in [-0.3, -0.25) is 0 Å². The van der Waals surface area contributed by atoms with Crippen molar-refractivity contribution in [1.29, 1.82) is 0 Å². The Labute approximate surface area is 115 Å². The fourth-order valence-electron chi connectivity index (χ4n) is 2.74. The molecule has 1 rings (SSSR count). The van der Waals surface area contributed by atoms with Crippen molar-refractivity contribution in [2.75, 3.05) is 6.54 Å². The summed E-state index contributed by atoms with van der Waals surface area (Å²) in [6, 6.07) is -0.722. The molecule has 5 nitrogen and oxygen atoms in total. The molecule has 2 amide bonds. The van der Waals surface area contributed by atoms with Crippen LogP contribution >= 0.6 is 0 Å². The molecular formula is C14H26N2O3. The highest BCUT2D eigenvalue weighted by atomic mass is 16.4. The van der Waals surface area contributed by atoms with Crippen molar-refractivity contribution in [2.24, 2.45) is 0 Å². The summed E-state index contributed by atoms with van der Waals surface area (Å²) in [6.07, 6.45) is 6.84. The van der Waals surface area contributed by atoms with Crippen LogP contribution in [-0.4, -0.2) is 40.6 Å². The largest absolute Gasteiger partial charge is 0.480 e. The van der Waals surface area contributed by atoms with Crippen LogP contribution in [0.4, 0.5) is 4.79 Å². The first kappa shape index (κ1) is 15.8. The molecule has 2 N–H and O–H groups in total. The molecule has 1 fully saturated rings. The summed E-state index contributed by atoms with van der Waals surface area (Å²) in [5.74, 6) is -0.949. The second-order valence-electron chi connectivity index (χ2n) is 5.21. The van der Waals surface area contributed by atoms with Gasteiger partial charge < -0.3 is 15.3 Å². The van der Waals surface area contributed by atoms with Crippen molar-refractivity contribution in [3.8, 4) is 0 Å². The highest BCUT2D eigenvalue weighted by molar-refractivity contribution is 5.82. The van der Waals surface area contributed by atoms with Crippen LogP contribution < -0.4 is 5.32 Å². The molecule has 110 valence electrons. The van der Waals surface area contributed by atoms with E-state index in [0.717, 1.165) is 32.1 Å². The number of carbonyl (C=O) groups is 2. The summed E-state index contributed by atoms with van der Waals surface area (Å²) in [5.41, 5.74) is 0. The molecule has 0 aromatic heterocycles. The summed E-state index contributed by atoms with van der Waals surface area (Å²) in [4.78, 5) is 25.1. The minimum Gasteiger partial charge on any atom is -0.480 e. The Bertz CT molecular complexity index is 301. The number of nitrogens with one attached hydrogen (secondary N) is 1. The van der Waals surface area contributed by atoms with E-state index < -0.39 is 12.0 Å². The third-order valence-electron chi connectivity index (χ3n) is 3.79. The highest BCUT2D eigenvalue weighted by Crippen LogP contribution is 2.22. The minimum atomic E-state index is -0.949. The van der Waals surface area contributed by atoms with Crippen LogP contribution in [-0.2, 0) is 4.79 Å². The fraction of sp³-hybridized carbons (Fsp3) is 0.857. The molecule has 1 aliphatic rings. The van der Waals surface area contributed by atoms with E-state index in [2.05, 4.69) is 5.32 Å². The number of rotatable bonds is 6. The van der Waals surface area contributed by atoms with Crippen LogP contribution in [0.15, 0.2) is 0 Å². The summed E-state index contributed by atoms with van der Waals surface area (Å²) in [7, 11) is 0. The average Bonchev–Trinajstić information content (AvgIpc) is 2.40. The van der Waals surface area contributed by atoms with Crippen molar-refractivity contribution in [2.45, 2.75) is 70.9 Å². The zero-order valence-corrected chi connectivity index (χ0v) is 12.0. The van der Waals surface area contributed by atoms with E-state index in [9.17, 15) is 9.59 Å². The molecule has 0 bridgehead atoms. The Kier molecular flexibility index (Phi) is 6.67. The predicted molar refractivity (Wildman–Crippen MR) is 74.1 cm³/mol. The van der Waals surface area contributed by atoms with E-state index in [4.69, 9.17) is 5.11 Å². The maximum Gasteiger partial charge on any atom is 0.326 e. The smallest absolute Gasteiger partial charge is 0.326 e. The third-order valence-corrected chi connectivity index (χ3v) is 3.79. The van der Waals surface area contributed by atoms with Gasteiger partial charge >= 0.3 is 12.0 Å². The Hall–Kier alpha value is -1.26. The standard InChI is InChI=1S/C14H26N2O3/c1-3-8-12(13(17)18)15-14(19)16(4-2)11-9-6-5-7-10-11/h11-12H,3-10H2,1-2H3,(H,15,19)(H,17,18). The summed E-state index contributed by atoms with van der Waals surface area (Å²) in [6.45, 7) is 4.50. The maximum atomic E-state index is 12.2. The van der Waals surface area contributed by atoms with Crippen molar-refractivity contribution in [1.82, 2.24) is 10.2 Å². The monoisotopic (exact) mass is 270 g/mol. The van der Waals surface area contributed by atoms with E-state index in [1.165, 1.54) is 6.42 Å². The lowest BCUT2D eigenvalue weighted by Crippen LogP contribution is -2.51. The first-order valence-corrected chi connectivity index (χ1v) is 7.40. The van der Waals surface area contributed by atoms with Gasteiger partial charge in [-0.2, -0.15) is 0 Å². The molecule has 5 heteroatoms. The second kappa shape index (κ2) is 8.02. The van der Waals surface area contributed by atoms with Gasteiger partial charge in [-0.05, 0) is 26.2 Å². The highest BCUT2D eigenvalue weighted by Gasteiger charge is 2.27. The van der Waals surface area contributed by atoms with Gasteiger partial charge in [-0.1, -0.05) is 32.6 Å². The van der Waals surface area contributed by atoms with Crippen molar-refractivity contribution >= 4 is 12.0 Å². The Morgan fingerprint density at radius 3 is 2.37 bits per heavy atom. The molecule has 0 aliphatic heterocycles. The number of carboxylic acids is 1. The van der Waals surface area contributed by atoms with Gasteiger partial charge in [-0.15, -0.1) is 0 Å². The molecule has 1 atom stereocenters. The quantitative estimate of drug-likeness (QED) is 0.779. The number of nitrogens with zero attached hydrogens (tertiary/aromatic N) is 1. The zero-order valence-electron chi connectivity index (χ0n) is 12.0. The molecule has 0 spiro atoms. The lowest BCUT2D eigenvalue weighted by atomic mass is 9.94. The van der Waals surface area contributed by atoms with E-state index in [-0.39, 0.29) is 12.1 Å². The molecule has 19 heavy (non-hydrogen) atoms. The number of aliphatic carboxylic acids is 1. The molecular weight excluding hydrogens is 244 g/mol. The molecule has 0 aromatic carbocycles. The van der Waals surface area contributed by atoms with Gasteiger partial charge in [0.25, 0.3) is 0 Å². The number of hydrogen-bond acceptors (Lipinski definition) is 2. The topological polar surface area (TPSA) is 69.6 Å². The van der Waals surface area contributed by atoms with E-state index in [1.807, 2.05) is 13.8 Å². The zero-order chi connectivity index (χ0) is 14.3. The number of carboxylic acid groups (broad SMARTS) is 1. The molecule has 0 radical (unpaired) electrons. The number of carbonyl (C=O) groups excluding carboxylic acids is 1. The van der Waals surface area contributed by atoms with Gasteiger partial charge in [0.2, 0.25) is 0 Å². The summed E-state index contributed by atoms with van der Waals surface area (Å²) < 4.78 is 0. The lowest BCUT2D eigenvalue weighted by Gasteiger charge is -2.34. The van der Waals surface area contributed by atoms with Crippen LogP contribution in [0.25, 0.3) is 0 Å². The average molecular weight is 270 g/mol. The molecule has 1 saturated carbocycles. The van der Waals surface area contributed by atoms with Crippen LogP contribution in [0.1, 0.15) is 58.8 Å². The Morgan fingerprint density at radius 1 is 1.26 bits per heavy atom. The fourth-order valence-corrected chi connectivity index (χ4v) is 2.74. The first-order chi connectivity index (χ1) is 9.10. The van der Waals surface area contributed by atoms with Gasteiger partial charge in [0, 0.05) is 12.6 Å². The number of amides is 2. The Balaban J connectivity index is 2.58. The molecule has 1 aliphatic carbocycles. The second-order valence-corrected chi connectivity index (χ2v) is 5.21. The molecule has 0 heterocycles. The minimum absolute atomic E-state index is 0.227. The third kappa shape index (κ3) is 4.73. The van der Waals surface area contributed by atoms with Crippen molar-refractivity contribution in [3.05, 3.63) is 0 Å². The van der Waals surface area contributed by atoms with Crippen LogP contribution in [0.5, 0.6) is 0 Å². The number of hydrogen-bond donors (Lipinski definition) is 2. The Morgan fingerprint density at radius 2 is 1.89 bits per heavy atom. The van der Waals surface area contributed by atoms with Gasteiger partial charge in [0.05, 0.1) is 0 Å². The van der Waals surface area contributed by atoms with Gasteiger partial charge in [0.1, 0.15) is 6.04 Å². The van der Waals surface area contributed by atoms with E-state index in [0.29, 0.717) is 13.0 Å². The SMILES string of the molecule is CCCC(NC(=O)N(CC)C1CCCCC1)C(=O)O. The first-order valence-electron chi connectivity index (χ1n) is 7.40. The van der Waals surface area contributed by atoms with Gasteiger partial charge in [-0.25, -0.2) is 9.59 Å². The van der Waals surface area contributed by atoms with Crippen LogP contribution in [0.2, 0.25) is 0 Å². The van der Waals surface area contributed by atoms with Gasteiger partial charge in [0.15, 0.2) is 0 Å². The predicted octanol–water partition coefficient (Wildman–Crippen LogP) is 2.60.